The van der Waals surface area contributed by atoms with E-state index in [4.69, 9.17) is 16.7 Å². The van der Waals surface area contributed by atoms with Crippen LogP contribution in [0.1, 0.15) is 27.6 Å². The molecule has 0 bridgehead atoms. The van der Waals surface area contributed by atoms with Crippen LogP contribution in [0.25, 0.3) is 0 Å². The van der Waals surface area contributed by atoms with Gasteiger partial charge in [-0.25, -0.2) is 8.42 Å². The highest BCUT2D eigenvalue weighted by molar-refractivity contribution is 7.91. The Morgan fingerprint density at radius 1 is 0.943 bits per heavy atom. The Hall–Kier alpha value is -3.24. The Morgan fingerprint density at radius 2 is 1.57 bits per heavy atom. The van der Waals surface area contributed by atoms with Crippen molar-refractivity contribution in [1.29, 1.82) is 0 Å². The molecule has 3 rings (SSSR count). The molecule has 1 amide bonds. The lowest BCUT2D eigenvalue weighted by Crippen LogP contribution is -2.29. The molecule has 35 heavy (non-hydrogen) atoms. The van der Waals surface area contributed by atoms with Gasteiger partial charge in [0.2, 0.25) is 9.84 Å². The van der Waals surface area contributed by atoms with Gasteiger partial charge in [-0.3, -0.25) is 9.59 Å². The van der Waals surface area contributed by atoms with Gasteiger partial charge in [-0.1, -0.05) is 35.9 Å². The van der Waals surface area contributed by atoms with Crippen molar-refractivity contribution in [3.63, 3.8) is 0 Å². The van der Waals surface area contributed by atoms with E-state index >= 15 is 0 Å². The van der Waals surface area contributed by atoms with Gasteiger partial charge in [-0.05, 0) is 72.6 Å². The zero-order valence-corrected chi connectivity index (χ0v) is 20.2. The van der Waals surface area contributed by atoms with Gasteiger partial charge in [-0.2, -0.15) is 0 Å². The van der Waals surface area contributed by atoms with E-state index in [-0.39, 0.29) is 15.4 Å². The number of amides is 1. The van der Waals surface area contributed by atoms with Gasteiger partial charge in [0.05, 0.1) is 15.9 Å². The summed E-state index contributed by atoms with van der Waals surface area (Å²) in [7, 11) is -3.78. The summed E-state index contributed by atoms with van der Waals surface area (Å²) in [5.74, 6) is -1.78. The lowest BCUT2D eigenvalue weighted by molar-refractivity contribution is -0.135. The average Bonchev–Trinajstić information content (AvgIpc) is 2.85. The third kappa shape index (κ3) is 7.37. The number of aliphatic hydroxyl groups excluding tert-OH is 1. The SMILES string of the molecule is O=C(O)CNC(=O)c1ccc(S(=O)(=O)c2ccc(CCNC[C@H](O)c3cccc(Cl)c3)cc2)cc1. The molecule has 0 saturated carbocycles. The topological polar surface area (TPSA) is 133 Å². The molecule has 0 aliphatic heterocycles. The predicted molar refractivity (Wildman–Crippen MR) is 131 cm³/mol. The number of sulfone groups is 1. The van der Waals surface area contributed by atoms with Crippen LogP contribution in [0.3, 0.4) is 0 Å². The molecule has 0 spiro atoms. The second-order valence-corrected chi connectivity index (χ2v) is 10.2. The third-order valence-electron chi connectivity index (χ3n) is 5.22. The standard InChI is InChI=1S/C25H25ClN2O6S/c26-20-3-1-2-19(14-20)23(29)15-27-13-12-17-4-8-21(9-5-17)35(33,34)22-10-6-18(7-11-22)25(32)28-16-24(30)31/h1-11,14,23,27,29H,12-13,15-16H2,(H,28,32)(H,30,31)/t23-/m0/s1. The number of nitrogens with one attached hydrogen (secondary N) is 2. The number of hydrogen-bond donors (Lipinski definition) is 4. The average molecular weight is 517 g/mol. The number of aliphatic hydroxyl groups is 1. The number of halogens is 1. The highest BCUT2D eigenvalue weighted by Crippen LogP contribution is 2.22. The lowest BCUT2D eigenvalue weighted by atomic mass is 10.1. The molecule has 0 unspecified atom stereocenters. The van der Waals surface area contributed by atoms with Gasteiger partial charge >= 0.3 is 5.97 Å². The largest absolute Gasteiger partial charge is 0.480 e. The van der Waals surface area contributed by atoms with Crippen LogP contribution in [0.5, 0.6) is 0 Å². The van der Waals surface area contributed by atoms with Crippen molar-refractivity contribution in [2.75, 3.05) is 19.6 Å². The Bertz CT molecular complexity index is 1280. The van der Waals surface area contributed by atoms with Gasteiger partial charge in [0.1, 0.15) is 6.54 Å². The fourth-order valence-electron chi connectivity index (χ4n) is 3.32. The first-order valence-electron chi connectivity index (χ1n) is 10.7. The molecular formula is C25H25ClN2O6S. The maximum absolute atomic E-state index is 12.9. The molecule has 0 aromatic heterocycles. The number of carbonyl (C=O) groups excluding carboxylic acids is 1. The van der Waals surface area contributed by atoms with E-state index < -0.39 is 34.4 Å². The van der Waals surface area contributed by atoms with E-state index in [1.165, 1.54) is 36.4 Å². The Balaban J connectivity index is 1.54. The minimum atomic E-state index is -3.78. The van der Waals surface area contributed by atoms with E-state index in [0.29, 0.717) is 24.5 Å². The molecule has 0 radical (unpaired) electrons. The summed E-state index contributed by atoms with van der Waals surface area (Å²) < 4.78 is 25.8. The minimum Gasteiger partial charge on any atom is -0.480 e. The van der Waals surface area contributed by atoms with Crippen molar-refractivity contribution in [3.8, 4) is 0 Å². The summed E-state index contributed by atoms with van der Waals surface area (Å²) in [6, 6.07) is 18.9. The zero-order valence-electron chi connectivity index (χ0n) is 18.6. The first kappa shape index (κ1) is 26.4. The number of carboxylic acids is 1. The highest BCUT2D eigenvalue weighted by Gasteiger charge is 2.18. The zero-order chi connectivity index (χ0) is 25.4. The molecule has 0 heterocycles. The third-order valence-corrected chi connectivity index (χ3v) is 7.24. The van der Waals surface area contributed by atoms with Crippen molar-refractivity contribution in [1.82, 2.24) is 10.6 Å². The normalized spacial score (nSPS) is 12.2. The lowest BCUT2D eigenvalue weighted by Gasteiger charge is -2.13. The summed E-state index contributed by atoms with van der Waals surface area (Å²) >= 11 is 5.95. The molecule has 8 nitrogen and oxygen atoms in total. The number of carbonyl (C=O) groups is 2. The first-order chi connectivity index (χ1) is 16.7. The number of hydrogen-bond acceptors (Lipinski definition) is 6. The molecule has 4 N–H and O–H groups in total. The molecule has 0 aliphatic rings. The molecule has 3 aromatic carbocycles. The van der Waals surface area contributed by atoms with Crippen LogP contribution in [-0.4, -0.2) is 50.1 Å². The van der Waals surface area contributed by atoms with Crippen molar-refractivity contribution >= 4 is 33.3 Å². The van der Waals surface area contributed by atoms with Crippen LogP contribution >= 0.6 is 11.6 Å². The van der Waals surface area contributed by atoms with Gasteiger partial charge < -0.3 is 20.8 Å². The first-order valence-corrected chi connectivity index (χ1v) is 12.6. The van der Waals surface area contributed by atoms with Crippen molar-refractivity contribution in [2.24, 2.45) is 0 Å². The number of rotatable bonds is 11. The second kappa shape index (κ2) is 11.9. The minimum absolute atomic E-state index is 0.0247. The predicted octanol–water partition coefficient (Wildman–Crippen LogP) is 2.85. The number of aliphatic carboxylic acids is 1. The van der Waals surface area contributed by atoms with Gasteiger partial charge in [0.25, 0.3) is 5.91 Å². The van der Waals surface area contributed by atoms with Crippen molar-refractivity contribution < 1.29 is 28.2 Å². The maximum atomic E-state index is 12.9. The number of benzene rings is 3. The molecule has 1 atom stereocenters. The van der Waals surface area contributed by atoms with Gasteiger partial charge in [0, 0.05) is 17.1 Å². The Morgan fingerprint density at radius 3 is 2.17 bits per heavy atom. The van der Waals surface area contributed by atoms with Crippen LogP contribution in [0.4, 0.5) is 0 Å². The van der Waals surface area contributed by atoms with Crippen LogP contribution in [0.15, 0.2) is 82.6 Å². The van der Waals surface area contributed by atoms with E-state index in [1.807, 2.05) is 0 Å². The molecular weight excluding hydrogens is 492 g/mol. The summed E-state index contributed by atoms with van der Waals surface area (Å²) in [6.07, 6.45) is -0.0428. The molecule has 0 saturated heterocycles. The monoisotopic (exact) mass is 516 g/mol. The maximum Gasteiger partial charge on any atom is 0.322 e. The van der Waals surface area contributed by atoms with E-state index in [1.54, 1.807) is 36.4 Å². The molecule has 3 aromatic rings. The summed E-state index contributed by atoms with van der Waals surface area (Å²) in [5, 5.41) is 24.8. The molecule has 0 aliphatic carbocycles. The Kier molecular flexibility index (Phi) is 9.00. The highest BCUT2D eigenvalue weighted by atomic mass is 35.5. The van der Waals surface area contributed by atoms with Crippen molar-refractivity contribution in [2.45, 2.75) is 22.3 Å². The van der Waals surface area contributed by atoms with Gasteiger partial charge in [0.15, 0.2) is 0 Å². The molecule has 10 heteroatoms. The molecule has 0 fully saturated rings. The van der Waals surface area contributed by atoms with Crippen LogP contribution in [0.2, 0.25) is 5.02 Å². The summed E-state index contributed by atoms with van der Waals surface area (Å²) in [4.78, 5) is 22.6. The smallest absolute Gasteiger partial charge is 0.322 e. The summed E-state index contributed by atoms with van der Waals surface area (Å²) in [6.45, 7) is 0.426. The quantitative estimate of drug-likeness (QED) is 0.288. The summed E-state index contributed by atoms with van der Waals surface area (Å²) in [5.41, 5.74) is 1.82. The van der Waals surface area contributed by atoms with E-state index in [9.17, 15) is 23.1 Å². The fourth-order valence-corrected chi connectivity index (χ4v) is 4.78. The number of carboxylic acid groups (broad SMARTS) is 1. The fraction of sp³-hybridized carbons (Fsp3) is 0.200. The second-order valence-electron chi connectivity index (χ2n) is 7.77. The van der Waals surface area contributed by atoms with Crippen molar-refractivity contribution in [3.05, 3.63) is 94.5 Å². The van der Waals surface area contributed by atoms with E-state index in [2.05, 4.69) is 10.6 Å². The van der Waals surface area contributed by atoms with E-state index in [0.717, 1.165) is 11.1 Å². The molecule has 184 valence electrons. The van der Waals surface area contributed by atoms with Crippen LogP contribution in [-0.2, 0) is 21.1 Å². The van der Waals surface area contributed by atoms with Gasteiger partial charge in [-0.15, -0.1) is 0 Å². The van der Waals surface area contributed by atoms with Crippen LogP contribution < -0.4 is 10.6 Å². The Labute approximate surface area is 208 Å². The van der Waals surface area contributed by atoms with Crippen LogP contribution in [0, 0.1) is 0 Å².